The molecular formula is C16H12N2O2. The largest absolute Gasteiger partial charge is 0.478 e. The number of fused-ring (bicyclic) bond motifs is 1. The van der Waals surface area contributed by atoms with Crippen LogP contribution in [-0.4, -0.2) is 21.0 Å². The lowest BCUT2D eigenvalue weighted by Crippen LogP contribution is -1.89. The summed E-state index contributed by atoms with van der Waals surface area (Å²) < 4.78 is 0. The predicted molar refractivity (Wildman–Crippen MR) is 78.2 cm³/mol. The Morgan fingerprint density at radius 1 is 1.25 bits per heavy atom. The van der Waals surface area contributed by atoms with Gasteiger partial charge in [0.1, 0.15) is 0 Å². The number of H-pyrrole nitrogens is 1. The number of nitrogens with zero attached hydrogens (tertiary/aromatic N) is 1. The molecule has 2 aromatic heterocycles. The molecule has 0 atom stereocenters. The van der Waals surface area contributed by atoms with E-state index in [-0.39, 0.29) is 0 Å². The van der Waals surface area contributed by atoms with Crippen molar-refractivity contribution < 1.29 is 9.90 Å². The van der Waals surface area contributed by atoms with E-state index >= 15 is 0 Å². The van der Waals surface area contributed by atoms with Crippen LogP contribution in [-0.2, 0) is 4.79 Å². The molecule has 4 nitrogen and oxygen atoms in total. The lowest BCUT2D eigenvalue weighted by Gasteiger charge is -2.05. The van der Waals surface area contributed by atoms with E-state index in [2.05, 4.69) is 9.97 Å². The van der Waals surface area contributed by atoms with Gasteiger partial charge in [-0.2, -0.15) is 0 Å². The van der Waals surface area contributed by atoms with E-state index in [1.165, 1.54) is 0 Å². The van der Waals surface area contributed by atoms with Crippen LogP contribution in [0.1, 0.15) is 5.56 Å². The zero-order valence-corrected chi connectivity index (χ0v) is 10.6. The molecule has 0 spiro atoms. The normalized spacial score (nSPS) is 11.2. The first-order valence-corrected chi connectivity index (χ1v) is 6.16. The van der Waals surface area contributed by atoms with Crippen LogP contribution < -0.4 is 0 Å². The van der Waals surface area contributed by atoms with Crippen molar-refractivity contribution in [3.63, 3.8) is 0 Å². The summed E-state index contributed by atoms with van der Waals surface area (Å²) in [5.41, 5.74) is 3.77. The Morgan fingerprint density at radius 2 is 2.15 bits per heavy atom. The first kappa shape index (κ1) is 12.2. The van der Waals surface area contributed by atoms with Gasteiger partial charge in [0.2, 0.25) is 0 Å². The Labute approximate surface area is 115 Å². The molecule has 0 saturated heterocycles. The zero-order chi connectivity index (χ0) is 13.9. The smallest absolute Gasteiger partial charge is 0.328 e. The van der Waals surface area contributed by atoms with Gasteiger partial charge in [0.25, 0.3) is 0 Å². The molecule has 0 fully saturated rings. The van der Waals surface area contributed by atoms with E-state index in [9.17, 15) is 4.79 Å². The van der Waals surface area contributed by atoms with Crippen molar-refractivity contribution in [1.82, 2.24) is 9.97 Å². The van der Waals surface area contributed by atoms with Gasteiger partial charge in [-0.3, -0.25) is 4.98 Å². The molecule has 0 saturated carbocycles. The molecule has 0 aliphatic rings. The van der Waals surface area contributed by atoms with Gasteiger partial charge in [-0.15, -0.1) is 0 Å². The molecule has 2 heterocycles. The highest BCUT2D eigenvalue weighted by atomic mass is 16.4. The van der Waals surface area contributed by atoms with Gasteiger partial charge >= 0.3 is 5.97 Å². The molecule has 1 aromatic carbocycles. The summed E-state index contributed by atoms with van der Waals surface area (Å²) in [5, 5.41) is 9.88. The fourth-order valence-electron chi connectivity index (χ4n) is 2.17. The van der Waals surface area contributed by atoms with Crippen LogP contribution in [0.5, 0.6) is 0 Å². The molecule has 20 heavy (non-hydrogen) atoms. The zero-order valence-electron chi connectivity index (χ0n) is 10.6. The SMILES string of the molecule is O=C(O)C=Cc1ccncc1-c1ccc2cc[nH]c2c1. The quantitative estimate of drug-likeness (QED) is 0.713. The minimum atomic E-state index is -0.965. The van der Waals surface area contributed by atoms with Crippen molar-refractivity contribution >= 4 is 22.9 Å². The van der Waals surface area contributed by atoms with Gasteiger partial charge in [-0.25, -0.2) is 4.79 Å². The van der Waals surface area contributed by atoms with Gasteiger partial charge in [-0.1, -0.05) is 12.1 Å². The molecular weight excluding hydrogens is 252 g/mol. The van der Waals surface area contributed by atoms with E-state index in [0.29, 0.717) is 0 Å². The fourth-order valence-corrected chi connectivity index (χ4v) is 2.17. The van der Waals surface area contributed by atoms with Gasteiger partial charge < -0.3 is 10.1 Å². The average Bonchev–Trinajstić information content (AvgIpc) is 2.92. The Morgan fingerprint density at radius 3 is 3.00 bits per heavy atom. The number of aromatic nitrogens is 2. The Balaban J connectivity index is 2.11. The standard InChI is InChI=1S/C16H12N2O2/c19-16(20)4-3-11-5-7-17-10-14(11)13-2-1-12-6-8-18-15(12)9-13/h1-10,18H,(H,19,20). The second-order valence-electron chi connectivity index (χ2n) is 4.41. The van der Waals surface area contributed by atoms with E-state index in [0.717, 1.165) is 33.7 Å². The number of rotatable bonds is 3. The first-order valence-electron chi connectivity index (χ1n) is 6.16. The van der Waals surface area contributed by atoms with Gasteiger partial charge in [0.05, 0.1) is 0 Å². The summed E-state index contributed by atoms with van der Waals surface area (Å²) in [6.45, 7) is 0. The number of benzene rings is 1. The highest BCUT2D eigenvalue weighted by molar-refractivity contribution is 5.90. The van der Waals surface area contributed by atoms with Crippen LogP contribution >= 0.6 is 0 Å². The Hall–Kier alpha value is -2.88. The second-order valence-corrected chi connectivity index (χ2v) is 4.41. The number of aromatic amines is 1. The maximum absolute atomic E-state index is 10.7. The molecule has 0 amide bonds. The van der Waals surface area contributed by atoms with E-state index in [1.807, 2.05) is 30.5 Å². The predicted octanol–water partition coefficient (Wildman–Crippen LogP) is 3.33. The summed E-state index contributed by atoms with van der Waals surface area (Å²) in [6, 6.07) is 9.87. The molecule has 0 aliphatic carbocycles. The fraction of sp³-hybridized carbons (Fsp3) is 0. The van der Waals surface area contributed by atoms with Gasteiger partial charge in [0.15, 0.2) is 0 Å². The third-order valence-electron chi connectivity index (χ3n) is 3.13. The Bertz CT molecular complexity index is 803. The third kappa shape index (κ3) is 2.31. The first-order chi connectivity index (χ1) is 9.74. The number of nitrogens with one attached hydrogen (secondary N) is 1. The number of aliphatic carboxylic acids is 1. The highest BCUT2D eigenvalue weighted by Crippen LogP contribution is 2.26. The maximum Gasteiger partial charge on any atom is 0.328 e. The minimum absolute atomic E-state index is 0.827. The number of carboxylic acid groups (broad SMARTS) is 1. The molecule has 3 rings (SSSR count). The van der Waals surface area contributed by atoms with Crippen LogP contribution in [0.3, 0.4) is 0 Å². The summed E-state index contributed by atoms with van der Waals surface area (Å²) in [6.07, 6.45) is 8.00. The van der Waals surface area contributed by atoms with Crippen molar-refractivity contribution in [2.75, 3.05) is 0 Å². The number of hydrogen-bond acceptors (Lipinski definition) is 2. The molecule has 0 radical (unpaired) electrons. The summed E-state index contributed by atoms with van der Waals surface area (Å²) in [5.74, 6) is -0.965. The number of carbonyl (C=O) groups is 1. The van der Waals surface area contributed by atoms with Gasteiger partial charge in [-0.05, 0) is 40.8 Å². The molecule has 0 bridgehead atoms. The second kappa shape index (κ2) is 5.01. The van der Waals surface area contributed by atoms with E-state index < -0.39 is 5.97 Å². The van der Waals surface area contributed by atoms with Gasteiger partial charge in [0, 0.05) is 35.7 Å². The number of pyridine rings is 1. The highest BCUT2D eigenvalue weighted by Gasteiger charge is 2.05. The van der Waals surface area contributed by atoms with Crippen molar-refractivity contribution in [2.24, 2.45) is 0 Å². The number of hydrogen-bond donors (Lipinski definition) is 2. The average molecular weight is 264 g/mol. The molecule has 4 heteroatoms. The minimum Gasteiger partial charge on any atom is -0.478 e. The van der Waals surface area contributed by atoms with Crippen LogP contribution in [0.2, 0.25) is 0 Å². The van der Waals surface area contributed by atoms with E-state index in [1.54, 1.807) is 24.5 Å². The van der Waals surface area contributed by atoms with Crippen molar-refractivity contribution in [2.45, 2.75) is 0 Å². The van der Waals surface area contributed by atoms with Crippen molar-refractivity contribution in [1.29, 1.82) is 0 Å². The molecule has 0 unspecified atom stereocenters. The Kier molecular flexibility index (Phi) is 3.05. The summed E-state index contributed by atoms with van der Waals surface area (Å²) in [7, 11) is 0. The van der Waals surface area contributed by atoms with Crippen LogP contribution in [0.4, 0.5) is 0 Å². The summed E-state index contributed by atoms with van der Waals surface area (Å²) >= 11 is 0. The van der Waals surface area contributed by atoms with Crippen LogP contribution in [0, 0.1) is 0 Å². The van der Waals surface area contributed by atoms with E-state index in [4.69, 9.17) is 5.11 Å². The topological polar surface area (TPSA) is 66.0 Å². The molecule has 2 N–H and O–H groups in total. The summed E-state index contributed by atoms with van der Waals surface area (Å²) in [4.78, 5) is 17.9. The monoisotopic (exact) mass is 264 g/mol. The third-order valence-corrected chi connectivity index (χ3v) is 3.13. The lowest BCUT2D eigenvalue weighted by atomic mass is 10.0. The maximum atomic E-state index is 10.7. The molecule has 0 aliphatic heterocycles. The van der Waals surface area contributed by atoms with Crippen LogP contribution in [0.25, 0.3) is 28.1 Å². The van der Waals surface area contributed by atoms with Crippen molar-refractivity contribution in [3.8, 4) is 11.1 Å². The van der Waals surface area contributed by atoms with Crippen molar-refractivity contribution in [3.05, 3.63) is 60.6 Å². The van der Waals surface area contributed by atoms with Crippen LogP contribution in [0.15, 0.2) is 55.0 Å². The molecule has 98 valence electrons. The lowest BCUT2D eigenvalue weighted by molar-refractivity contribution is -0.131. The molecule has 3 aromatic rings. The number of carboxylic acids is 1.